The zero-order valence-corrected chi connectivity index (χ0v) is 22.0. The highest BCUT2D eigenvalue weighted by atomic mass is 16.2. The Balaban J connectivity index is 1.30. The second-order valence-corrected chi connectivity index (χ2v) is 10.4. The summed E-state index contributed by atoms with van der Waals surface area (Å²) >= 11 is 0. The van der Waals surface area contributed by atoms with Crippen molar-refractivity contribution in [2.24, 2.45) is 11.8 Å². The summed E-state index contributed by atoms with van der Waals surface area (Å²) in [7, 11) is 0. The number of anilines is 1. The number of amides is 3. The van der Waals surface area contributed by atoms with Crippen LogP contribution in [0, 0.1) is 11.8 Å². The van der Waals surface area contributed by atoms with Crippen molar-refractivity contribution < 1.29 is 14.4 Å². The molecule has 2 saturated heterocycles. The minimum absolute atomic E-state index is 0.00327. The minimum atomic E-state index is -0.207. The summed E-state index contributed by atoms with van der Waals surface area (Å²) in [6, 6.07) is 17.6. The van der Waals surface area contributed by atoms with Gasteiger partial charge in [-0.25, -0.2) is 0 Å². The van der Waals surface area contributed by atoms with Gasteiger partial charge in [-0.15, -0.1) is 0 Å². The fourth-order valence-corrected chi connectivity index (χ4v) is 5.15. The molecule has 2 aromatic rings. The van der Waals surface area contributed by atoms with Gasteiger partial charge in [0.1, 0.15) is 0 Å². The Kier molecular flexibility index (Phi) is 9.58. The maximum absolute atomic E-state index is 13.1. The number of benzene rings is 2. The Hall–Kier alpha value is -3.35. The first kappa shape index (κ1) is 26.7. The molecule has 1 unspecified atom stereocenters. The number of carbonyl (C=O) groups is 3. The SMILES string of the molecule is CC1CCN(c2ccc(CNC(=O)C3CCCN(C(=O)c4ccccc4)CCC(=O)NCC3)cc2)CC1. The van der Waals surface area contributed by atoms with Crippen molar-refractivity contribution in [2.45, 2.75) is 52.0 Å². The fourth-order valence-electron chi connectivity index (χ4n) is 5.15. The van der Waals surface area contributed by atoms with E-state index in [1.165, 1.54) is 18.5 Å². The maximum atomic E-state index is 13.1. The molecule has 2 aromatic carbocycles. The zero-order chi connectivity index (χ0) is 26.0. The van der Waals surface area contributed by atoms with Crippen molar-refractivity contribution in [3.63, 3.8) is 0 Å². The van der Waals surface area contributed by atoms with Crippen LogP contribution in [0.2, 0.25) is 0 Å². The Bertz CT molecular complexity index is 1030. The average molecular weight is 505 g/mol. The van der Waals surface area contributed by atoms with E-state index >= 15 is 0 Å². The quantitative estimate of drug-likeness (QED) is 0.645. The summed E-state index contributed by atoms with van der Waals surface area (Å²) in [4.78, 5) is 42.5. The smallest absolute Gasteiger partial charge is 0.253 e. The lowest BCUT2D eigenvalue weighted by Crippen LogP contribution is -2.35. The van der Waals surface area contributed by atoms with E-state index in [9.17, 15) is 14.4 Å². The van der Waals surface area contributed by atoms with Gasteiger partial charge in [0.2, 0.25) is 11.8 Å². The molecule has 0 spiro atoms. The summed E-state index contributed by atoms with van der Waals surface area (Å²) in [5.41, 5.74) is 2.94. The molecule has 0 aromatic heterocycles. The van der Waals surface area contributed by atoms with Crippen LogP contribution in [0.15, 0.2) is 54.6 Å². The van der Waals surface area contributed by atoms with Crippen LogP contribution in [0.3, 0.4) is 0 Å². The first-order valence-corrected chi connectivity index (χ1v) is 13.7. The molecule has 4 rings (SSSR count). The fraction of sp³-hybridized carbons (Fsp3) is 0.500. The number of hydrogen-bond acceptors (Lipinski definition) is 4. The van der Waals surface area contributed by atoms with Crippen LogP contribution >= 0.6 is 0 Å². The Labute approximate surface area is 220 Å². The van der Waals surface area contributed by atoms with Gasteiger partial charge in [-0.1, -0.05) is 37.3 Å². The van der Waals surface area contributed by atoms with Gasteiger partial charge in [-0.05, 0) is 67.9 Å². The third kappa shape index (κ3) is 7.81. The van der Waals surface area contributed by atoms with Crippen LogP contribution in [0.25, 0.3) is 0 Å². The van der Waals surface area contributed by atoms with E-state index in [-0.39, 0.29) is 30.1 Å². The van der Waals surface area contributed by atoms with E-state index in [0.717, 1.165) is 24.6 Å². The van der Waals surface area contributed by atoms with Crippen LogP contribution in [-0.4, -0.2) is 55.3 Å². The van der Waals surface area contributed by atoms with Crippen LogP contribution < -0.4 is 15.5 Å². The molecule has 37 heavy (non-hydrogen) atoms. The molecule has 0 saturated carbocycles. The molecule has 2 fully saturated rings. The van der Waals surface area contributed by atoms with Gasteiger partial charge < -0.3 is 20.4 Å². The second kappa shape index (κ2) is 13.3. The van der Waals surface area contributed by atoms with Crippen LogP contribution in [0.4, 0.5) is 5.69 Å². The number of nitrogens with zero attached hydrogens (tertiary/aromatic N) is 2. The van der Waals surface area contributed by atoms with Crippen molar-refractivity contribution in [3.8, 4) is 0 Å². The maximum Gasteiger partial charge on any atom is 0.253 e. The van der Waals surface area contributed by atoms with Gasteiger partial charge >= 0.3 is 0 Å². The standard InChI is InChI=1S/C30H40N4O3/c1-23-14-19-33(20-15-23)27-11-9-24(10-12-27)22-32-29(36)25-8-5-18-34(21-16-28(35)31-17-13-25)30(37)26-6-3-2-4-7-26/h2-4,6-7,9-12,23,25H,5,8,13-22H2,1H3,(H,31,35)(H,32,36). The lowest BCUT2D eigenvalue weighted by molar-refractivity contribution is -0.126. The number of rotatable bonds is 5. The monoisotopic (exact) mass is 504 g/mol. The molecule has 0 bridgehead atoms. The van der Waals surface area contributed by atoms with Gasteiger partial charge in [0.05, 0.1) is 0 Å². The molecular weight excluding hydrogens is 464 g/mol. The molecule has 0 aliphatic carbocycles. The minimum Gasteiger partial charge on any atom is -0.372 e. The van der Waals surface area contributed by atoms with Gasteiger partial charge in [-0.3, -0.25) is 14.4 Å². The predicted molar refractivity (Wildman–Crippen MR) is 146 cm³/mol. The first-order chi connectivity index (χ1) is 18.0. The third-order valence-electron chi connectivity index (χ3n) is 7.63. The molecule has 2 heterocycles. The highest BCUT2D eigenvalue weighted by molar-refractivity contribution is 5.94. The van der Waals surface area contributed by atoms with Crippen molar-refractivity contribution in [1.29, 1.82) is 0 Å². The normalized spacial score (nSPS) is 20.0. The van der Waals surface area contributed by atoms with Gasteiger partial charge in [0.15, 0.2) is 0 Å². The largest absolute Gasteiger partial charge is 0.372 e. The van der Waals surface area contributed by atoms with Crippen molar-refractivity contribution in [2.75, 3.05) is 37.6 Å². The zero-order valence-electron chi connectivity index (χ0n) is 22.0. The van der Waals surface area contributed by atoms with E-state index in [4.69, 9.17) is 0 Å². The summed E-state index contributed by atoms with van der Waals surface area (Å²) in [5.74, 6) is 0.439. The van der Waals surface area contributed by atoms with Gasteiger partial charge in [0.25, 0.3) is 5.91 Å². The van der Waals surface area contributed by atoms with Crippen molar-refractivity contribution in [3.05, 3.63) is 65.7 Å². The number of carbonyl (C=O) groups excluding carboxylic acids is 3. The van der Waals surface area contributed by atoms with Crippen LogP contribution in [0.1, 0.15) is 61.4 Å². The second-order valence-electron chi connectivity index (χ2n) is 10.4. The molecule has 198 valence electrons. The summed E-state index contributed by atoms with van der Waals surface area (Å²) in [6.45, 7) is 6.38. The Morgan fingerprint density at radius 2 is 1.65 bits per heavy atom. The van der Waals surface area contributed by atoms with Gasteiger partial charge in [-0.2, -0.15) is 0 Å². The molecule has 0 radical (unpaired) electrons. The predicted octanol–water partition coefficient (Wildman–Crippen LogP) is 3.99. The lowest BCUT2D eigenvalue weighted by atomic mass is 9.97. The van der Waals surface area contributed by atoms with Crippen LogP contribution in [-0.2, 0) is 16.1 Å². The Morgan fingerprint density at radius 1 is 0.919 bits per heavy atom. The van der Waals surface area contributed by atoms with E-state index in [0.29, 0.717) is 51.0 Å². The molecule has 1 atom stereocenters. The molecule has 3 amide bonds. The van der Waals surface area contributed by atoms with E-state index in [2.05, 4.69) is 46.7 Å². The number of hydrogen-bond donors (Lipinski definition) is 2. The lowest BCUT2D eigenvalue weighted by Gasteiger charge is -2.32. The van der Waals surface area contributed by atoms with E-state index in [1.807, 2.05) is 18.2 Å². The highest BCUT2D eigenvalue weighted by Gasteiger charge is 2.22. The molecule has 2 aliphatic heterocycles. The molecular formula is C30H40N4O3. The summed E-state index contributed by atoms with van der Waals surface area (Å²) in [5, 5.41) is 6.02. The molecule has 2 aliphatic rings. The van der Waals surface area contributed by atoms with E-state index in [1.54, 1.807) is 17.0 Å². The Morgan fingerprint density at radius 3 is 2.38 bits per heavy atom. The first-order valence-electron chi connectivity index (χ1n) is 13.7. The summed E-state index contributed by atoms with van der Waals surface area (Å²) in [6.07, 6.45) is 4.72. The van der Waals surface area contributed by atoms with E-state index < -0.39 is 0 Å². The van der Waals surface area contributed by atoms with Crippen LogP contribution in [0.5, 0.6) is 0 Å². The number of piperidine rings is 1. The summed E-state index contributed by atoms with van der Waals surface area (Å²) < 4.78 is 0. The van der Waals surface area contributed by atoms with Gasteiger partial charge in [0, 0.05) is 62.9 Å². The average Bonchev–Trinajstić information content (AvgIpc) is 2.97. The molecule has 7 nitrogen and oxygen atoms in total. The topological polar surface area (TPSA) is 81.8 Å². The molecule has 2 N–H and O–H groups in total. The highest BCUT2D eigenvalue weighted by Crippen LogP contribution is 2.23. The van der Waals surface area contributed by atoms with Crippen molar-refractivity contribution >= 4 is 23.4 Å². The molecule has 7 heteroatoms. The van der Waals surface area contributed by atoms with Crippen molar-refractivity contribution in [1.82, 2.24) is 15.5 Å². The number of nitrogens with one attached hydrogen (secondary N) is 2. The third-order valence-corrected chi connectivity index (χ3v) is 7.63.